The van der Waals surface area contributed by atoms with Gasteiger partial charge in [-0.25, -0.2) is 4.39 Å². The first kappa shape index (κ1) is 14.7. The lowest BCUT2D eigenvalue weighted by Gasteiger charge is -2.26. The van der Waals surface area contributed by atoms with Crippen molar-refractivity contribution >= 4 is 0 Å². The summed E-state index contributed by atoms with van der Waals surface area (Å²) in [6.45, 7) is 6.50. The molecule has 1 unspecified atom stereocenters. The van der Waals surface area contributed by atoms with Crippen LogP contribution in [-0.4, -0.2) is 0 Å². The second-order valence-electron chi connectivity index (χ2n) is 6.24. The van der Waals surface area contributed by atoms with Gasteiger partial charge in [-0.05, 0) is 34.6 Å². The van der Waals surface area contributed by atoms with Crippen LogP contribution < -0.4 is 5.73 Å². The quantitative estimate of drug-likeness (QED) is 0.881. The zero-order valence-corrected chi connectivity index (χ0v) is 12.4. The molecule has 20 heavy (non-hydrogen) atoms. The van der Waals surface area contributed by atoms with Gasteiger partial charge in [-0.2, -0.15) is 0 Å². The highest BCUT2D eigenvalue weighted by Crippen LogP contribution is 2.30. The highest BCUT2D eigenvalue weighted by molar-refractivity contribution is 5.36. The molecule has 0 spiro atoms. The van der Waals surface area contributed by atoms with E-state index in [1.165, 1.54) is 11.6 Å². The van der Waals surface area contributed by atoms with Crippen molar-refractivity contribution in [3.05, 3.63) is 71.0 Å². The SMILES string of the molecule is CC(C)(C)c1ccccc1C(N)Cc1ccccc1F. The molecule has 2 heteroatoms. The number of hydrogen-bond donors (Lipinski definition) is 1. The van der Waals surface area contributed by atoms with Crippen LogP contribution in [0.2, 0.25) is 0 Å². The Labute approximate surface area is 120 Å². The largest absolute Gasteiger partial charge is 0.324 e. The molecule has 0 radical (unpaired) electrons. The smallest absolute Gasteiger partial charge is 0.126 e. The second kappa shape index (κ2) is 5.76. The third kappa shape index (κ3) is 3.26. The van der Waals surface area contributed by atoms with Crippen molar-refractivity contribution in [2.75, 3.05) is 0 Å². The van der Waals surface area contributed by atoms with Gasteiger partial charge in [-0.3, -0.25) is 0 Å². The minimum absolute atomic E-state index is 0.0312. The van der Waals surface area contributed by atoms with E-state index < -0.39 is 0 Å². The van der Waals surface area contributed by atoms with Crippen LogP contribution in [0.5, 0.6) is 0 Å². The summed E-state index contributed by atoms with van der Waals surface area (Å²) in [7, 11) is 0. The highest BCUT2D eigenvalue weighted by atomic mass is 19.1. The summed E-state index contributed by atoms with van der Waals surface area (Å²) in [5, 5.41) is 0. The van der Waals surface area contributed by atoms with Crippen LogP contribution in [0.15, 0.2) is 48.5 Å². The molecule has 106 valence electrons. The molecule has 0 saturated carbocycles. The Kier molecular flexibility index (Phi) is 4.24. The second-order valence-corrected chi connectivity index (χ2v) is 6.24. The van der Waals surface area contributed by atoms with Gasteiger partial charge in [0.1, 0.15) is 5.82 Å². The summed E-state index contributed by atoms with van der Waals surface area (Å²) in [6, 6.07) is 14.8. The molecule has 0 amide bonds. The molecule has 0 aliphatic rings. The Hall–Kier alpha value is -1.67. The molecule has 0 aliphatic heterocycles. The van der Waals surface area contributed by atoms with Crippen LogP contribution in [-0.2, 0) is 11.8 Å². The predicted octanol–water partition coefficient (Wildman–Crippen LogP) is 4.37. The number of rotatable bonds is 3. The lowest BCUT2D eigenvalue weighted by molar-refractivity contribution is 0.560. The van der Waals surface area contributed by atoms with E-state index >= 15 is 0 Å². The van der Waals surface area contributed by atoms with Crippen LogP contribution >= 0.6 is 0 Å². The molecule has 0 bridgehead atoms. The summed E-state index contributed by atoms with van der Waals surface area (Å²) in [4.78, 5) is 0. The summed E-state index contributed by atoms with van der Waals surface area (Å²) >= 11 is 0. The van der Waals surface area contributed by atoms with Gasteiger partial charge in [0, 0.05) is 6.04 Å². The van der Waals surface area contributed by atoms with E-state index in [1.807, 2.05) is 24.3 Å². The number of halogens is 1. The molecular weight excluding hydrogens is 249 g/mol. The zero-order chi connectivity index (χ0) is 14.8. The fraction of sp³-hybridized carbons (Fsp3) is 0.333. The van der Waals surface area contributed by atoms with Gasteiger partial charge in [0.05, 0.1) is 0 Å². The third-order valence-electron chi connectivity index (χ3n) is 3.57. The number of benzene rings is 2. The molecule has 2 N–H and O–H groups in total. The lowest BCUT2D eigenvalue weighted by atomic mass is 9.81. The molecule has 0 fully saturated rings. The van der Waals surface area contributed by atoms with Gasteiger partial charge >= 0.3 is 0 Å². The van der Waals surface area contributed by atoms with E-state index in [4.69, 9.17) is 5.73 Å². The van der Waals surface area contributed by atoms with Gasteiger partial charge < -0.3 is 5.73 Å². The topological polar surface area (TPSA) is 26.0 Å². The van der Waals surface area contributed by atoms with Crippen LogP contribution in [0.1, 0.15) is 43.5 Å². The fourth-order valence-corrected chi connectivity index (χ4v) is 2.51. The first-order valence-electron chi connectivity index (χ1n) is 6.98. The van der Waals surface area contributed by atoms with E-state index in [2.05, 4.69) is 26.8 Å². The van der Waals surface area contributed by atoms with E-state index in [1.54, 1.807) is 12.1 Å². The molecule has 0 aliphatic carbocycles. The molecule has 2 rings (SSSR count). The van der Waals surface area contributed by atoms with Gasteiger partial charge in [0.15, 0.2) is 0 Å². The van der Waals surface area contributed by atoms with Crippen molar-refractivity contribution in [3.63, 3.8) is 0 Å². The Balaban J connectivity index is 2.31. The van der Waals surface area contributed by atoms with Crippen LogP contribution in [0.3, 0.4) is 0 Å². The van der Waals surface area contributed by atoms with Crippen molar-refractivity contribution in [2.24, 2.45) is 5.73 Å². The summed E-state index contributed by atoms with van der Waals surface area (Å²) in [5.41, 5.74) is 9.35. The first-order valence-corrected chi connectivity index (χ1v) is 6.98. The van der Waals surface area contributed by atoms with Crippen molar-refractivity contribution in [1.29, 1.82) is 0 Å². The molecule has 0 aromatic heterocycles. The maximum absolute atomic E-state index is 13.7. The Bertz CT molecular complexity index is 584. The van der Waals surface area contributed by atoms with Crippen LogP contribution in [0, 0.1) is 5.82 Å². The van der Waals surface area contributed by atoms with Crippen molar-refractivity contribution in [3.8, 4) is 0 Å². The Morgan fingerprint density at radius 2 is 1.60 bits per heavy atom. The maximum Gasteiger partial charge on any atom is 0.126 e. The van der Waals surface area contributed by atoms with E-state index in [-0.39, 0.29) is 17.3 Å². The molecule has 1 nitrogen and oxygen atoms in total. The minimum atomic E-state index is -0.192. The maximum atomic E-state index is 13.7. The highest BCUT2D eigenvalue weighted by Gasteiger charge is 2.21. The lowest BCUT2D eigenvalue weighted by Crippen LogP contribution is -2.21. The zero-order valence-electron chi connectivity index (χ0n) is 12.4. The molecule has 0 saturated heterocycles. The number of hydrogen-bond acceptors (Lipinski definition) is 1. The van der Waals surface area contributed by atoms with Crippen LogP contribution in [0.25, 0.3) is 0 Å². The monoisotopic (exact) mass is 271 g/mol. The minimum Gasteiger partial charge on any atom is -0.324 e. The fourth-order valence-electron chi connectivity index (χ4n) is 2.51. The van der Waals surface area contributed by atoms with Gasteiger partial charge in [-0.1, -0.05) is 63.2 Å². The van der Waals surface area contributed by atoms with E-state index in [0.29, 0.717) is 12.0 Å². The molecule has 2 aromatic rings. The first-order chi connectivity index (χ1) is 9.39. The number of nitrogens with two attached hydrogens (primary N) is 1. The molecule has 2 aromatic carbocycles. The summed E-state index contributed by atoms with van der Waals surface area (Å²) in [6.07, 6.45) is 0.514. The van der Waals surface area contributed by atoms with E-state index in [0.717, 1.165) is 5.56 Å². The van der Waals surface area contributed by atoms with Crippen molar-refractivity contribution in [2.45, 2.75) is 38.6 Å². The summed E-state index contributed by atoms with van der Waals surface area (Å²) in [5.74, 6) is -0.184. The average Bonchev–Trinajstić information content (AvgIpc) is 2.40. The Morgan fingerprint density at radius 1 is 1.00 bits per heavy atom. The average molecular weight is 271 g/mol. The van der Waals surface area contributed by atoms with Gasteiger partial charge in [-0.15, -0.1) is 0 Å². The van der Waals surface area contributed by atoms with Crippen molar-refractivity contribution in [1.82, 2.24) is 0 Å². The molecule has 1 atom stereocenters. The van der Waals surface area contributed by atoms with Gasteiger partial charge in [0.25, 0.3) is 0 Å². The normalized spacial score (nSPS) is 13.2. The van der Waals surface area contributed by atoms with Crippen molar-refractivity contribution < 1.29 is 4.39 Å². The standard InChI is InChI=1S/C18H22FN/c1-18(2,3)15-10-6-5-9-14(15)17(20)12-13-8-4-7-11-16(13)19/h4-11,17H,12,20H2,1-3H3. The summed E-state index contributed by atoms with van der Waals surface area (Å²) < 4.78 is 13.7. The third-order valence-corrected chi connectivity index (χ3v) is 3.57. The van der Waals surface area contributed by atoms with Gasteiger partial charge in [0.2, 0.25) is 0 Å². The van der Waals surface area contributed by atoms with Crippen LogP contribution in [0.4, 0.5) is 4.39 Å². The Morgan fingerprint density at radius 3 is 2.25 bits per heavy atom. The van der Waals surface area contributed by atoms with E-state index in [9.17, 15) is 4.39 Å². The predicted molar refractivity (Wildman–Crippen MR) is 82.2 cm³/mol. The molecule has 0 heterocycles. The molecular formula is C18H22FN.